The van der Waals surface area contributed by atoms with Crippen LogP contribution in [0.3, 0.4) is 0 Å². The Morgan fingerprint density at radius 3 is 2.92 bits per heavy atom. The van der Waals surface area contributed by atoms with Crippen molar-refractivity contribution in [2.75, 3.05) is 26.2 Å². The van der Waals surface area contributed by atoms with Gasteiger partial charge in [-0.3, -0.25) is 0 Å². The lowest BCUT2D eigenvalue weighted by Gasteiger charge is -2.28. The molecule has 0 aromatic heterocycles. The van der Waals surface area contributed by atoms with E-state index in [-0.39, 0.29) is 0 Å². The van der Waals surface area contributed by atoms with Gasteiger partial charge in [0.1, 0.15) is 5.84 Å². The molecular weight excluding hydrogens is 162 g/mol. The molecule has 0 bridgehead atoms. The highest BCUT2D eigenvalue weighted by Gasteiger charge is 2.11. The van der Waals surface area contributed by atoms with Gasteiger partial charge in [0.05, 0.1) is 0 Å². The maximum Gasteiger partial charge on any atom is 0.128 e. The first-order valence-electron chi connectivity index (χ1n) is 4.82. The quantitative estimate of drug-likeness (QED) is 0.591. The standard InChI is InChI=1S/C10H15N3/c1-2-4-10(12-5-3-1)13-8-6-11-7-9-13/h2-5,11H,1,6-9H2. The van der Waals surface area contributed by atoms with E-state index in [0.717, 1.165) is 38.4 Å². The number of rotatable bonds is 0. The van der Waals surface area contributed by atoms with E-state index in [9.17, 15) is 0 Å². The largest absolute Gasteiger partial charge is 0.354 e. The van der Waals surface area contributed by atoms with E-state index in [2.05, 4.69) is 33.4 Å². The van der Waals surface area contributed by atoms with E-state index in [1.165, 1.54) is 0 Å². The molecule has 2 aliphatic rings. The number of nitrogens with one attached hydrogen (secondary N) is 1. The molecule has 0 saturated carbocycles. The number of aliphatic imine (C=N–C) groups is 1. The Hall–Kier alpha value is -1.09. The molecule has 3 heteroatoms. The fraction of sp³-hybridized carbons (Fsp3) is 0.500. The van der Waals surface area contributed by atoms with Crippen molar-refractivity contribution >= 4 is 5.84 Å². The van der Waals surface area contributed by atoms with Crippen LogP contribution < -0.4 is 5.32 Å². The minimum absolute atomic E-state index is 0.999. The van der Waals surface area contributed by atoms with Crippen LogP contribution in [-0.4, -0.2) is 36.9 Å². The van der Waals surface area contributed by atoms with Crippen LogP contribution in [0.1, 0.15) is 6.42 Å². The van der Waals surface area contributed by atoms with Crippen LogP contribution in [0.2, 0.25) is 0 Å². The van der Waals surface area contributed by atoms with Gasteiger partial charge in [-0.1, -0.05) is 12.2 Å². The molecule has 2 aliphatic heterocycles. The van der Waals surface area contributed by atoms with Gasteiger partial charge >= 0.3 is 0 Å². The maximum atomic E-state index is 4.39. The fourth-order valence-corrected chi connectivity index (χ4v) is 1.57. The summed E-state index contributed by atoms with van der Waals surface area (Å²) in [5.74, 6) is 1.11. The van der Waals surface area contributed by atoms with Crippen LogP contribution >= 0.6 is 0 Å². The lowest BCUT2D eigenvalue weighted by molar-refractivity contribution is 0.359. The van der Waals surface area contributed by atoms with Crippen molar-refractivity contribution in [1.29, 1.82) is 0 Å². The van der Waals surface area contributed by atoms with Gasteiger partial charge in [0, 0.05) is 32.4 Å². The van der Waals surface area contributed by atoms with Crippen LogP contribution in [0.15, 0.2) is 29.4 Å². The van der Waals surface area contributed by atoms with Crippen molar-refractivity contribution in [1.82, 2.24) is 10.2 Å². The molecule has 0 radical (unpaired) electrons. The summed E-state index contributed by atoms with van der Waals surface area (Å²) in [4.78, 5) is 6.72. The SMILES string of the molecule is C1=CN=C(N2CCNCC2)C=CC1. The Labute approximate surface area is 78.8 Å². The summed E-state index contributed by atoms with van der Waals surface area (Å²) in [5, 5.41) is 3.33. The second kappa shape index (κ2) is 4.23. The summed E-state index contributed by atoms with van der Waals surface area (Å²) in [6.07, 6.45) is 9.25. The maximum absolute atomic E-state index is 4.39. The Bertz CT molecular complexity index is 247. The highest BCUT2D eigenvalue weighted by atomic mass is 15.2. The van der Waals surface area contributed by atoms with Crippen LogP contribution in [0.25, 0.3) is 0 Å². The van der Waals surface area contributed by atoms with Gasteiger partial charge in [-0.15, -0.1) is 0 Å². The summed E-state index contributed by atoms with van der Waals surface area (Å²) in [7, 11) is 0. The first-order valence-corrected chi connectivity index (χ1v) is 4.82. The molecule has 0 aromatic rings. The number of hydrogen-bond donors (Lipinski definition) is 1. The zero-order valence-electron chi connectivity index (χ0n) is 7.74. The number of nitrogens with zero attached hydrogens (tertiary/aromatic N) is 2. The smallest absolute Gasteiger partial charge is 0.128 e. The van der Waals surface area contributed by atoms with E-state index in [1.807, 2.05) is 6.20 Å². The minimum atomic E-state index is 0.999. The minimum Gasteiger partial charge on any atom is -0.354 e. The monoisotopic (exact) mass is 177 g/mol. The van der Waals surface area contributed by atoms with Gasteiger partial charge in [-0.2, -0.15) is 0 Å². The average molecular weight is 177 g/mol. The molecule has 13 heavy (non-hydrogen) atoms. The normalized spacial score (nSPS) is 22.8. The van der Waals surface area contributed by atoms with Crippen LogP contribution in [-0.2, 0) is 0 Å². The Morgan fingerprint density at radius 1 is 1.23 bits per heavy atom. The summed E-state index contributed by atoms with van der Waals surface area (Å²) in [6, 6.07) is 0. The number of piperazine rings is 1. The molecule has 2 heterocycles. The zero-order chi connectivity index (χ0) is 8.93. The van der Waals surface area contributed by atoms with Crippen molar-refractivity contribution in [2.24, 2.45) is 4.99 Å². The number of amidine groups is 1. The third kappa shape index (κ3) is 2.18. The molecule has 1 N–H and O–H groups in total. The molecule has 0 atom stereocenters. The van der Waals surface area contributed by atoms with E-state index in [0.29, 0.717) is 0 Å². The predicted octanol–water partition coefficient (Wildman–Crippen LogP) is 0.764. The molecule has 0 amide bonds. The lowest BCUT2D eigenvalue weighted by Crippen LogP contribution is -2.45. The summed E-state index contributed by atoms with van der Waals surface area (Å²) in [5.41, 5.74) is 0. The predicted molar refractivity (Wildman–Crippen MR) is 54.8 cm³/mol. The molecule has 0 aromatic carbocycles. The van der Waals surface area contributed by atoms with E-state index >= 15 is 0 Å². The molecule has 1 fully saturated rings. The molecule has 3 nitrogen and oxygen atoms in total. The van der Waals surface area contributed by atoms with E-state index in [4.69, 9.17) is 0 Å². The zero-order valence-corrected chi connectivity index (χ0v) is 7.74. The molecular formula is C10H15N3. The Balaban J connectivity index is 2.05. The number of allylic oxidation sites excluding steroid dienone is 2. The lowest BCUT2D eigenvalue weighted by atomic mass is 10.3. The van der Waals surface area contributed by atoms with Gasteiger partial charge in [0.2, 0.25) is 0 Å². The van der Waals surface area contributed by atoms with Crippen molar-refractivity contribution in [2.45, 2.75) is 6.42 Å². The summed E-state index contributed by atoms with van der Waals surface area (Å²) >= 11 is 0. The molecule has 2 rings (SSSR count). The molecule has 0 aliphatic carbocycles. The first kappa shape index (κ1) is 8.51. The van der Waals surface area contributed by atoms with Gasteiger partial charge in [0.15, 0.2) is 0 Å². The highest BCUT2D eigenvalue weighted by molar-refractivity contribution is 5.93. The number of hydrogen-bond acceptors (Lipinski definition) is 3. The third-order valence-corrected chi connectivity index (χ3v) is 2.29. The highest BCUT2D eigenvalue weighted by Crippen LogP contribution is 2.02. The van der Waals surface area contributed by atoms with Crippen LogP contribution in [0.5, 0.6) is 0 Å². The average Bonchev–Trinajstić information content (AvgIpc) is 2.47. The van der Waals surface area contributed by atoms with Gasteiger partial charge < -0.3 is 10.2 Å². The van der Waals surface area contributed by atoms with Crippen molar-refractivity contribution in [3.63, 3.8) is 0 Å². The van der Waals surface area contributed by atoms with Crippen molar-refractivity contribution in [3.05, 3.63) is 24.4 Å². The Morgan fingerprint density at radius 2 is 2.08 bits per heavy atom. The van der Waals surface area contributed by atoms with Crippen LogP contribution in [0, 0.1) is 0 Å². The molecule has 0 spiro atoms. The molecule has 70 valence electrons. The second-order valence-electron chi connectivity index (χ2n) is 3.25. The van der Waals surface area contributed by atoms with Crippen LogP contribution in [0.4, 0.5) is 0 Å². The van der Waals surface area contributed by atoms with Gasteiger partial charge in [-0.05, 0) is 12.5 Å². The topological polar surface area (TPSA) is 27.6 Å². The molecule has 1 saturated heterocycles. The fourth-order valence-electron chi connectivity index (χ4n) is 1.57. The first-order chi connectivity index (χ1) is 6.47. The van der Waals surface area contributed by atoms with Gasteiger partial charge in [-0.25, -0.2) is 4.99 Å². The summed E-state index contributed by atoms with van der Waals surface area (Å²) < 4.78 is 0. The Kier molecular flexibility index (Phi) is 2.77. The third-order valence-electron chi connectivity index (χ3n) is 2.29. The van der Waals surface area contributed by atoms with Gasteiger partial charge in [0.25, 0.3) is 0 Å². The second-order valence-corrected chi connectivity index (χ2v) is 3.25. The van der Waals surface area contributed by atoms with E-state index in [1.54, 1.807) is 0 Å². The van der Waals surface area contributed by atoms with Crippen molar-refractivity contribution in [3.8, 4) is 0 Å². The van der Waals surface area contributed by atoms with Crippen molar-refractivity contribution < 1.29 is 0 Å². The molecule has 0 unspecified atom stereocenters. The summed E-state index contributed by atoms with van der Waals surface area (Å²) in [6.45, 7) is 4.27. The van der Waals surface area contributed by atoms with E-state index < -0.39 is 0 Å².